The second-order valence-corrected chi connectivity index (χ2v) is 4.70. The highest BCUT2D eigenvalue weighted by molar-refractivity contribution is 6.34. The standard InChI is InChI=1S/C10H9Cl2F2N/c11-7-1-6(2-8(12)3-7)9(5-15)4-10(9,13)14/h1-3H,4-5,15H2. The van der Waals surface area contributed by atoms with Crippen LogP contribution in [-0.2, 0) is 5.41 Å². The van der Waals surface area contributed by atoms with E-state index in [1.807, 2.05) is 0 Å². The van der Waals surface area contributed by atoms with Crippen LogP contribution in [0.3, 0.4) is 0 Å². The maximum Gasteiger partial charge on any atom is 0.260 e. The van der Waals surface area contributed by atoms with Gasteiger partial charge in [-0.3, -0.25) is 0 Å². The van der Waals surface area contributed by atoms with E-state index >= 15 is 0 Å². The Labute approximate surface area is 96.2 Å². The maximum absolute atomic E-state index is 13.2. The molecule has 15 heavy (non-hydrogen) atoms. The van der Waals surface area contributed by atoms with Crippen LogP contribution >= 0.6 is 23.2 Å². The molecule has 0 radical (unpaired) electrons. The van der Waals surface area contributed by atoms with Gasteiger partial charge in [-0.15, -0.1) is 0 Å². The third-order valence-corrected chi connectivity index (χ3v) is 3.30. The summed E-state index contributed by atoms with van der Waals surface area (Å²) in [5.41, 5.74) is 4.57. The van der Waals surface area contributed by atoms with Gasteiger partial charge in [0.05, 0.1) is 5.41 Å². The number of rotatable bonds is 2. The summed E-state index contributed by atoms with van der Waals surface area (Å²) >= 11 is 11.5. The minimum absolute atomic E-state index is 0.101. The SMILES string of the molecule is NCC1(c2cc(Cl)cc(Cl)c2)CC1(F)F. The average Bonchev–Trinajstić information content (AvgIpc) is 2.68. The maximum atomic E-state index is 13.2. The van der Waals surface area contributed by atoms with E-state index in [-0.39, 0.29) is 13.0 Å². The van der Waals surface area contributed by atoms with E-state index < -0.39 is 11.3 Å². The van der Waals surface area contributed by atoms with E-state index in [4.69, 9.17) is 28.9 Å². The highest BCUT2D eigenvalue weighted by atomic mass is 35.5. The third kappa shape index (κ3) is 1.63. The normalized spacial score (nSPS) is 27.8. The molecular formula is C10H9Cl2F2N. The number of hydrogen-bond acceptors (Lipinski definition) is 1. The fraction of sp³-hybridized carbons (Fsp3) is 0.400. The van der Waals surface area contributed by atoms with Crippen molar-refractivity contribution < 1.29 is 8.78 Å². The van der Waals surface area contributed by atoms with E-state index in [1.165, 1.54) is 18.2 Å². The monoisotopic (exact) mass is 251 g/mol. The molecule has 1 nitrogen and oxygen atoms in total. The molecule has 1 aromatic rings. The van der Waals surface area contributed by atoms with Crippen LogP contribution in [0.2, 0.25) is 10.0 Å². The summed E-state index contributed by atoms with van der Waals surface area (Å²) in [4.78, 5) is 0. The van der Waals surface area contributed by atoms with Gasteiger partial charge in [0.1, 0.15) is 0 Å². The van der Waals surface area contributed by atoms with Gasteiger partial charge >= 0.3 is 0 Å². The molecule has 5 heteroatoms. The molecule has 1 aliphatic rings. The number of benzene rings is 1. The molecule has 1 aliphatic carbocycles. The first kappa shape index (κ1) is 11.1. The van der Waals surface area contributed by atoms with Crippen molar-refractivity contribution in [1.82, 2.24) is 0 Å². The van der Waals surface area contributed by atoms with Crippen molar-refractivity contribution >= 4 is 23.2 Å². The van der Waals surface area contributed by atoms with Gasteiger partial charge in [-0.05, 0) is 23.8 Å². The van der Waals surface area contributed by atoms with Crippen LogP contribution in [0.4, 0.5) is 8.78 Å². The second-order valence-electron chi connectivity index (χ2n) is 3.83. The molecule has 0 aromatic heterocycles. The van der Waals surface area contributed by atoms with Crippen molar-refractivity contribution in [1.29, 1.82) is 0 Å². The molecule has 2 rings (SSSR count). The second kappa shape index (κ2) is 3.30. The highest BCUT2D eigenvalue weighted by Crippen LogP contribution is 2.61. The van der Waals surface area contributed by atoms with Gasteiger partial charge in [0, 0.05) is 23.0 Å². The summed E-state index contributed by atoms with van der Waals surface area (Å²) in [6.07, 6.45) is -0.229. The largest absolute Gasteiger partial charge is 0.329 e. The molecule has 2 N–H and O–H groups in total. The molecule has 1 unspecified atom stereocenters. The summed E-state index contributed by atoms with van der Waals surface area (Å²) in [6.45, 7) is -0.101. The zero-order valence-corrected chi connectivity index (χ0v) is 9.25. The van der Waals surface area contributed by atoms with E-state index in [0.29, 0.717) is 15.6 Å². The van der Waals surface area contributed by atoms with Gasteiger partial charge in [0.15, 0.2) is 0 Å². The lowest BCUT2D eigenvalue weighted by Gasteiger charge is -2.14. The molecule has 0 saturated heterocycles. The number of alkyl halides is 2. The first-order chi connectivity index (χ1) is 6.91. The lowest BCUT2D eigenvalue weighted by molar-refractivity contribution is 0.0896. The van der Waals surface area contributed by atoms with Crippen LogP contribution < -0.4 is 5.73 Å². The fourth-order valence-corrected chi connectivity index (χ4v) is 2.34. The van der Waals surface area contributed by atoms with Crippen LogP contribution in [0.25, 0.3) is 0 Å². The molecular weight excluding hydrogens is 243 g/mol. The Balaban J connectivity index is 2.46. The number of nitrogens with two attached hydrogens (primary N) is 1. The summed E-state index contributed by atoms with van der Waals surface area (Å²) < 4.78 is 26.5. The quantitative estimate of drug-likeness (QED) is 0.859. The van der Waals surface area contributed by atoms with Crippen LogP contribution in [0.15, 0.2) is 18.2 Å². The Bertz CT molecular complexity index is 388. The lowest BCUT2D eigenvalue weighted by Crippen LogP contribution is -2.26. The van der Waals surface area contributed by atoms with Crippen LogP contribution in [0.1, 0.15) is 12.0 Å². The van der Waals surface area contributed by atoms with Crippen molar-refractivity contribution in [2.45, 2.75) is 17.8 Å². The van der Waals surface area contributed by atoms with Crippen LogP contribution in [0, 0.1) is 0 Å². The van der Waals surface area contributed by atoms with Gasteiger partial charge in [-0.25, -0.2) is 8.78 Å². The predicted octanol–water partition coefficient (Wildman–Crippen LogP) is 3.23. The Morgan fingerprint density at radius 3 is 2.00 bits per heavy atom. The van der Waals surface area contributed by atoms with Crippen molar-refractivity contribution in [2.75, 3.05) is 6.54 Å². The molecule has 82 valence electrons. The average molecular weight is 252 g/mol. The van der Waals surface area contributed by atoms with Gasteiger partial charge in [0.2, 0.25) is 0 Å². The predicted molar refractivity (Wildman–Crippen MR) is 56.8 cm³/mol. The van der Waals surface area contributed by atoms with Crippen molar-refractivity contribution in [3.63, 3.8) is 0 Å². The van der Waals surface area contributed by atoms with Gasteiger partial charge in [-0.1, -0.05) is 23.2 Å². The zero-order chi connectivity index (χ0) is 11.3. The highest BCUT2D eigenvalue weighted by Gasteiger charge is 2.71. The third-order valence-electron chi connectivity index (χ3n) is 2.86. The Morgan fingerprint density at radius 1 is 1.20 bits per heavy atom. The molecule has 1 saturated carbocycles. The van der Waals surface area contributed by atoms with Gasteiger partial charge < -0.3 is 5.73 Å². The van der Waals surface area contributed by atoms with Crippen LogP contribution in [-0.4, -0.2) is 12.5 Å². The van der Waals surface area contributed by atoms with Gasteiger partial charge in [-0.2, -0.15) is 0 Å². The van der Waals surface area contributed by atoms with Gasteiger partial charge in [0.25, 0.3) is 5.92 Å². The smallest absolute Gasteiger partial charge is 0.260 e. The minimum Gasteiger partial charge on any atom is -0.329 e. The lowest BCUT2D eigenvalue weighted by atomic mass is 9.95. The molecule has 1 atom stereocenters. The number of hydrogen-bond donors (Lipinski definition) is 1. The van der Waals surface area contributed by atoms with E-state index in [2.05, 4.69) is 0 Å². The van der Waals surface area contributed by atoms with Crippen molar-refractivity contribution in [2.24, 2.45) is 5.73 Å². The topological polar surface area (TPSA) is 26.0 Å². The first-order valence-corrected chi connectivity index (χ1v) is 5.21. The summed E-state index contributed by atoms with van der Waals surface area (Å²) in [5.74, 6) is -2.74. The first-order valence-electron chi connectivity index (χ1n) is 4.46. The molecule has 0 amide bonds. The molecule has 1 aromatic carbocycles. The van der Waals surface area contributed by atoms with Crippen molar-refractivity contribution in [3.8, 4) is 0 Å². The molecule has 0 heterocycles. The van der Waals surface area contributed by atoms with E-state index in [9.17, 15) is 8.78 Å². The van der Waals surface area contributed by atoms with E-state index in [1.54, 1.807) is 0 Å². The minimum atomic E-state index is -2.74. The summed E-state index contributed by atoms with van der Waals surface area (Å²) in [6, 6.07) is 4.51. The number of halogens is 4. The molecule has 1 fully saturated rings. The Hall–Kier alpha value is -0.380. The molecule has 0 bridgehead atoms. The molecule has 0 aliphatic heterocycles. The zero-order valence-electron chi connectivity index (χ0n) is 7.74. The fourth-order valence-electron chi connectivity index (χ4n) is 1.82. The van der Waals surface area contributed by atoms with Crippen LogP contribution in [0.5, 0.6) is 0 Å². The van der Waals surface area contributed by atoms with Crippen molar-refractivity contribution in [3.05, 3.63) is 33.8 Å². The Kier molecular flexibility index (Phi) is 2.45. The molecule has 0 spiro atoms. The Morgan fingerprint density at radius 2 is 1.67 bits per heavy atom. The summed E-state index contributed by atoms with van der Waals surface area (Å²) in [5, 5.41) is 0.709. The summed E-state index contributed by atoms with van der Waals surface area (Å²) in [7, 11) is 0. The van der Waals surface area contributed by atoms with E-state index in [0.717, 1.165) is 0 Å².